The first-order valence-electron chi connectivity index (χ1n) is 21.8. The molecule has 0 aliphatic carbocycles. The number of aliphatic hydroxyl groups excluding tert-OH is 2. The van der Waals surface area contributed by atoms with E-state index in [1.165, 1.54) is 7.11 Å². The third-order valence-electron chi connectivity index (χ3n) is 13.0. The number of hydrogen-bond acceptors (Lipinski definition) is 13. The summed E-state index contributed by atoms with van der Waals surface area (Å²) in [7, 11) is 6.42. The van der Waals surface area contributed by atoms with Crippen molar-refractivity contribution >= 4 is 5.97 Å². The highest BCUT2D eigenvalue weighted by Crippen LogP contribution is 2.42. The molecule has 0 saturated carbocycles. The molecule has 0 aromatic heterocycles. The zero-order valence-corrected chi connectivity index (χ0v) is 37.2. The van der Waals surface area contributed by atoms with E-state index < -0.39 is 6.10 Å². The van der Waals surface area contributed by atoms with Gasteiger partial charge < -0.3 is 57.6 Å². The van der Waals surface area contributed by atoms with Crippen LogP contribution in [0.25, 0.3) is 0 Å². The van der Waals surface area contributed by atoms with Crippen LogP contribution in [0.3, 0.4) is 0 Å². The molecule has 4 aliphatic heterocycles. The van der Waals surface area contributed by atoms with Crippen molar-refractivity contribution in [3.05, 3.63) is 59.7 Å². The number of methoxy groups -OCH3 is 4. The van der Waals surface area contributed by atoms with Crippen LogP contribution in [0.5, 0.6) is 11.5 Å². The fourth-order valence-corrected chi connectivity index (χ4v) is 9.33. The van der Waals surface area contributed by atoms with Gasteiger partial charge in [-0.1, -0.05) is 52.0 Å². The molecule has 0 spiro atoms. The smallest absolute Gasteiger partial charge is 0.308 e. The average molecular weight is 845 g/mol. The molecule has 15 atom stereocenters. The Labute approximate surface area is 357 Å². The second-order valence-electron chi connectivity index (χ2n) is 17.2. The Kier molecular flexibility index (Phi) is 18.9. The quantitative estimate of drug-likeness (QED) is 0.172. The molecule has 2 N–H and O–H groups in total. The summed E-state index contributed by atoms with van der Waals surface area (Å²) in [5.41, 5.74) is 2.11. The van der Waals surface area contributed by atoms with Crippen LogP contribution < -0.4 is 9.47 Å². The first kappa shape index (κ1) is 48.2. The van der Waals surface area contributed by atoms with Gasteiger partial charge in [-0.3, -0.25) is 4.79 Å². The van der Waals surface area contributed by atoms with Crippen molar-refractivity contribution in [3.8, 4) is 11.5 Å². The van der Waals surface area contributed by atoms with Gasteiger partial charge in [0.15, 0.2) is 0 Å². The number of esters is 1. The molecule has 0 radical (unpaired) electrons. The van der Waals surface area contributed by atoms with E-state index in [4.69, 9.17) is 47.4 Å². The zero-order chi connectivity index (χ0) is 43.3. The number of aliphatic hydroxyl groups is 2. The minimum Gasteiger partial charge on any atom is -0.497 e. The summed E-state index contributed by atoms with van der Waals surface area (Å²) in [5, 5.41) is 18.8. The molecule has 13 heteroatoms. The predicted molar refractivity (Wildman–Crippen MR) is 225 cm³/mol. The normalized spacial score (nSPS) is 34.2. The molecule has 13 nitrogen and oxygen atoms in total. The third-order valence-corrected chi connectivity index (χ3v) is 13.0. The minimum absolute atomic E-state index is 0.00157. The van der Waals surface area contributed by atoms with Crippen LogP contribution in [-0.2, 0) is 55.9 Å². The number of ether oxygens (including phenoxy) is 10. The van der Waals surface area contributed by atoms with Gasteiger partial charge in [0.05, 0.1) is 108 Å². The van der Waals surface area contributed by atoms with Gasteiger partial charge in [0, 0.05) is 38.6 Å². The van der Waals surface area contributed by atoms with Crippen LogP contribution in [0.1, 0.15) is 84.3 Å². The van der Waals surface area contributed by atoms with Crippen molar-refractivity contribution in [2.45, 2.75) is 154 Å². The molecule has 4 aliphatic rings. The highest BCUT2D eigenvalue weighted by molar-refractivity contribution is 5.69. The van der Waals surface area contributed by atoms with E-state index in [0.717, 1.165) is 41.9 Å². The van der Waals surface area contributed by atoms with E-state index in [1.807, 2.05) is 48.5 Å². The molecule has 338 valence electrons. The lowest BCUT2D eigenvalue weighted by molar-refractivity contribution is -0.268. The fourth-order valence-electron chi connectivity index (χ4n) is 9.33. The van der Waals surface area contributed by atoms with E-state index in [0.29, 0.717) is 32.0 Å². The second kappa shape index (κ2) is 23.6. The Hall–Kier alpha value is -2.85. The molecule has 3 unspecified atom stereocenters. The average Bonchev–Trinajstić information content (AvgIpc) is 3.25. The third kappa shape index (κ3) is 12.6. The number of carbonyl (C=O) groups is 1. The van der Waals surface area contributed by atoms with E-state index in [9.17, 15) is 15.0 Å². The summed E-state index contributed by atoms with van der Waals surface area (Å²) < 4.78 is 59.2. The molecule has 0 bridgehead atoms. The summed E-state index contributed by atoms with van der Waals surface area (Å²) in [4.78, 5) is 12.0. The molecule has 4 heterocycles. The van der Waals surface area contributed by atoms with Crippen molar-refractivity contribution in [2.75, 3.05) is 41.7 Å². The van der Waals surface area contributed by atoms with Gasteiger partial charge in [-0.25, -0.2) is 0 Å². The molecular formula is C47H72O13. The summed E-state index contributed by atoms with van der Waals surface area (Å²) >= 11 is 0. The predicted octanol–water partition coefficient (Wildman–Crippen LogP) is 6.31. The monoisotopic (exact) mass is 844 g/mol. The molecule has 0 amide bonds. The Bertz CT molecular complexity index is 1540. The summed E-state index contributed by atoms with van der Waals surface area (Å²) in [6.45, 7) is 11.8. The molecule has 4 fully saturated rings. The Morgan fingerprint density at radius 1 is 0.650 bits per heavy atom. The lowest BCUT2D eigenvalue weighted by Crippen LogP contribution is -2.59. The van der Waals surface area contributed by atoms with Crippen LogP contribution in [0.15, 0.2) is 48.5 Å². The van der Waals surface area contributed by atoms with Gasteiger partial charge >= 0.3 is 5.97 Å². The molecule has 2 aromatic rings. The first-order chi connectivity index (χ1) is 28.9. The van der Waals surface area contributed by atoms with Gasteiger partial charge in [-0.15, -0.1) is 0 Å². The zero-order valence-electron chi connectivity index (χ0n) is 37.2. The maximum absolute atomic E-state index is 12.0. The van der Waals surface area contributed by atoms with Crippen molar-refractivity contribution in [3.63, 3.8) is 0 Å². The number of hydrogen-bond donors (Lipinski definition) is 2. The summed E-state index contributed by atoms with van der Waals surface area (Å²) in [6, 6.07) is 15.7. The van der Waals surface area contributed by atoms with Gasteiger partial charge in [0.1, 0.15) is 11.5 Å². The number of carbonyl (C=O) groups excluding carboxylic acids is 1. The Balaban J connectivity index is 0.000000228. The van der Waals surface area contributed by atoms with Crippen molar-refractivity contribution in [2.24, 2.45) is 23.7 Å². The van der Waals surface area contributed by atoms with Crippen LogP contribution in [0, 0.1) is 23.7 Å². The Morgan fingerprint density at radius 3 is 1.48 bits per heavy atom. The molecule has 4 saturated heterocycles. The van der Waals surface area contributed by atoms with E-state index >= 15 is 0 Å². The highest BCUT2D eigenvalue weighted by Gasteiger charge is 2.51. The van der Waals surface area contributed by atoms with Crippen LogP contribution in [0.2, 0.25) is 0 Å². The van der Waals surface area contributed by atoms with Gasteiger partial charge in [0.2, 0.25) is 0 Å². The van der Waals surface area contributed by atoms with E-state index in [2.05, 4.69) is 34.6 Å². The molecule has 6 rings (SSSR count). The maximum atomic E-state index is 12.0. The topological polar surface area (TPSA) is 150 Å². The van der Waals surface area contributed by atoms with Crippen molar-refractivity contribution in [1.29, 1.82) is 0 Å². The summed E-state index contributed by atoms with van der Waals surface area (Å²) in [6.07, 6.45) is 3.12. The molecule has 60 heavy (non-hydrogen) atoms. The standard InChI is InChI=1S/C24H38O6.C23H34O7/c1-15-12-21-24(30-20(15)10-11-25)17(3)23(22(29-21)13-16(2)26-4)28-14-18-6-8-19(27-5)9-7-18;1-14-11-19-23(30-18(14)9-10-24)15(2)22(20(29-19)12-21(25)27-4)28-13-16-5-7-17(26-3)8-6-16/h6-9,15-17,20-25H,10-14H2,1-5H3;5-8,14-15,18-20,22-24H,9-13H2,1-4H3/t15-,16?,17-,20-,21?,22+,23-,24+;14-,15-,18-,19?,20+,22-,23+/m11/s1. The minimum atomic E-state index is -0.392. The lowest BCUT2D eigenvalue weighted by Gasteiger charge is -2.51. The van der Waals surface area contributed by atoms with Crippen molar-refractivity contribution < 1.29 is 62.4 Å². The maximum Gasteiger partial charge on any atom is 0.308 e. The lowest BCUT2D eigenvalue weighted by atomic mass is 9.79. The molecule has 2 aromatic carbocycles. The van der Waals surface area contributed by atoms with Crippen molar-refractivity contribution in [1.82, 2.24) is 0 Å². The number of benzene rings is 2. The van der Waals surface area contributed by atoms with Gasteiger partial charge in [-0.2, -0.15) is 0 Å². The number of fused-ring (bicyclic) bond motifs is 2. The first-order valence-corrected chi connectivity index (χ1v) is 21.8. The van der Waals surface area contributed by atoms with Gasteiger partial charge in [0.25, 0.3) is 0 Å². The van der Waals surface area contributed by atoms with E-state index in [-0.39, 0.29) is 104 Å². The largest absolute Gasteiger partial charge is 0.497 e. The second-order valence-corrected chi connectivity index (χ2v) is 17.2. The Morgan fingerprint density at radius 2 is 1.08 bits per heavy atom. The highest BCUT2D eigenvalue weighted by atomic mass is 16.6. The SMILES string of the molecule is COC(=O)C[C@@H]1OC2C[C@@H](C)[C@@H](CCO)O[C@H]2[C@H](C)[C@H]1OCc1ccc(OC)cc1.COc1ccc(CO[C@@H]2[C@@H](C)[C@@H]3O[C@H](CCO)[C@H](C)CC3O[C@H]2CC(C)OC)cc1. The fraction of sp³-hybridized carbons (Fsp3) is 0.723. The van der Waals surface area contributed by atoms with Crippen LogP contribution in [-0.4, -0.2) is 125 Å². The summed E-state index contributed by atoms with van der Waals surface area (Å²) in [5.74, 6) is 2.17. The van der Waals surface area contributed by atoms with Crippen LogP contribution in [0.4, 0.5) is 0 Å². The van der Waals surface area contributed by atoms with Crippen LogP contribution >= 0.6 is 0 Å². The molecular weight excluding hydrogens is 773 g/mol. The van der Waals surface area contributed by atoms with E-state index in [1.54, 1.807) is 21.3 Å². The van der Waals surface area contributed by atoms with Gasteiger partial charge in [-0.05, 0) is 79.8 Å². The number of rotatable bonds is 17.